The number of anilines is 1. The third-order valence-corrected chi connectivity index (χ3v) is 7.89. The molecule has 1 aromatic carbocycles. The zero-order valence-corrected chi connectivity index (χ0v) is 17.5. The molecule has 0 atom stereocenters. The van der Waals surface area contributed by atoms with Crippen LogP contribution in [0.15, 0.2) is 18.2 Å². The van der Waals surface area contributed by atoms with E-state index in [1.54, 1.807) is 6.07 Å². The first-order valence-corrected chi connectivity index (χ1v) is 11.3. The molecule has 2 N–H and O–H groups in total. The Morgan fingerprint density at radius 1 is 1.24 bits per heavy atom. The summed E-state index contributed by atoms with van der Waals surface area (Å²) in [6, 6.07) is 4.54. The quantitative estimate of drug-likeness (QED) is 0.417. The molecule has 29 heavy (non-hydrogen) atoms. The topological polar surface area (TPSA) is 97.2 Å². The molecule has 152 valence electrons. The predicted molar refractivity (Wildman–Crippen MR) is 116 cm³/mol. The van der Waals surface area contributed by atoms with Crippen molar-refractivity contribution in [1.29, 1.82) is 0 Å². The third-order valence-electron chi connectivity index (χ3n) is 6.76. The van der Waals surface area contributed by atoms with Gasteiger partial charge in [-0.1, -0.05) is 11.3 Å². The van der Waals surface area contributed by atoms with Crippen molar-refractivity contribution in [3.05, 3.63) is 28.3 Å². The number of fused-ring (bicyclic) bond motifs is 1. The zero-order valence-electron chi connectivity index (χ0n) is 15.8. The van der Waals surface area contributed by atoms with Crippen LogP contribution in [-0.4, -0.2) is 20.9 Å². The standard InChI is InChI=1S/C20H22N4O3S2/c25-17(10-20-7-11-3-12(8-20)5-13(4-11)9-20)22-18(28)23-19-21-15-2-1-14(24(26)27)6-16(15)29-19/h1-2,6,11-13H,3-5,7-10H2,(H2,21,22,23,25,28). The highest BCUT2D eigenvalue weighted by Crippen LogP contribution is 2.61. The van der Waals surface area contributed by atoms with Crippen molar-refractivity contribution in [3.8, 4) is 0 Å². The summed E-state index contributed by atoms with van der Waals surface area (Å²) in [5.41, 5.74) is 0.855. The van der Waals surface area contributed by atoms with E-state index in [1.807, 2.05) is 0 Å². The van der Waals surface area contributed by atoms with Gasteiger partial charge in [0.1, 0.15) is 0 Å². The normalized spacial score (nSPS) is 29.7. The summed E-state index contributed by atoms with van der Waals surface area (Å²) in [7, 11) is 0. The van der Waals surface area contributed by atoms with E-state index in [0.29, 0.717) is 21.8 Å². The van der Waals surface area contributed by atoms with Gasteiger partial charge in [0, 0.05) is 18.6 Å². The highest BCUT2D eigenvalue weighted by atomic mass is 32.1. The Morgan fingerprint density at radius 2 is 1.90 bits per heavy atom. The first-order valence-electron chi connectivity index (χ1n) is 10.0. The average molecular weight is 431 g/mol. The lowest BCUT2D eigenvalue weighted by Crippen LogP contribution is -2.48. The van der Waals surface area contributed by atoms with E-state index in [4.69, 9.17) is 12.2 Å². The molecule has 4 fully saturated rings. The summed E-state index contributed by atoms with van der Waals surface area (Å²) in [5, 5.41) is 17.4. The Balaban J connectivity index is 1.21. The SMILES string of the molecule is O=C(CC12CC3CC(CC(C3)C1)C2)NC(=S)Nc1nc2ccc([N+](=O)[O-])cc2s1. The minimum atomic E-state index is -0.429. The van der Waals surface area contributed by atoms with Gasteiger partial charge < -0.3 is 10.6 Å². The molecule has 0 unspecified atom stereocenters. The minimum Gasteiger partial charge on any atom is -0.308 e. The molecule has 2 aromatic rings. The Labute approximate surface area is 177 Å². The van der Waals surface area contributed by atoms with E-state index in [9.17, 15) is 14.9 Å². The average Bonchev–Trinajstić information content (AvgIpc) is 3.00. The van der Waals surface area contributed by atoms with Gasteiger partial charge in [-0.15, -0.1) is 0 Å². The first-order chi connectivity index (χ1) is 13.9. The molecule has 4 aliphatic carbocycles. The predicted octanol–water partition coefficient (Wildman–Crippen LogP) is 4.62. The van der Waals surface area contributed by atoms with Gasteiger partial charge in [-0.2, -0.15) is 0 Å². The summed E-state index contributed by atoms with van der Waals surface area (Å²) in [6.07, 6.45) is 8.17. The fourth-order valence-electron chi connectivity index (χ4n) is 6.23. The van der Waals surface area contributed by atoms with Crippen molar-refractivity contribution in [1.82, 2.24) is 10.3 Å². The number of nitro groups is 1. The van der Waals surface area contributed by atoms with E-state index in [1.165, 1.54) is 62.0 Å². The Hall–Kier alpha value is -2.13. The number of aromatic nitrogens is 1. The number of nitro benzene ring substituents is 1. The van der Waals surface area contributed by atoms with Crippen LogP contribution in [0.2, 0.25) is 0 Å². The second-order valence-corrected chi connectivity index (χ2v) is 10.5. The van der Waals surface area contributed by atoms with Gasteiger partial charge in [0.2, 0.25) is 5.91 Å². The second-order valence-electron chi connectivity index (χ2n) is 9.02. The lowest BCUT2D eigenvalue weighted by Gasteiger charge is -2.56. The van der Waals surface area contributed by atoms with Crippen LogP contribution in [0.1, 0.15) is 44.9 Å². The van der Waals surface area contributed by atoms with Crippen molar-refractivity contribution in [2.45, 2.75) is 44.9 Å². The molecule has 7 nitrogen and oxygen atoms in total. The van der Waals surface area contributed by atoms with Gasteiger partial charge >= 0.3 is 0 Å². The first kappa shape index (κ1) is 18.9. The van der Waals surface area contributed by atoms with E-state index in [0.717, 1.165) is 17.8 Å². The number of carbonyl (C=O) groups is 1. The van der Waals surface area contributed by atoms with E-state index >= 15 is 0 Å². The fourth-order valence-corrected chi connectivity index (χ4v) is 7.41. The molecule has 1 amide bonds. The van der Waals surface area contributed by atoms with Crippen molar-refractivity contribution < 1.29 is 9.72 Å². The van der Waals surface area contributed by atoms with E-state index in [2.05, 4.69) is 15.6 Å². The Kier molecular flexibility index (Phi) is 4.54. The number of thiazole rings is 1. The van der Waals surface area contributed by atoms with Gasteiger partial charge in [0.25, 0.3) is 5.69 Å². The number of hydrogen-bond acceptors (Lipinski definition) is 6. The van der Waals surface area contributed by atoms with Crippen molar-refractivity contribution in [2.75, 3.05) is 5.32 Å². The molecule has 0 radical (unpaired) electrons. The maximum Gasteiger partial charge on any atom is 0.270 e. The van der Waals surface area contributed by atoms with Crippen molar-refractivity contribution in [3.63, 3.8) is 0 Å². The number of thiocarbonyl (C=S) groups is 1. The molecule has 6 rings (SSSR count). The van der Waals surface area contributed by atoms with Crippen molar-refractivity contribution in [2.24, 2.45) is 23.2 Å². The second kappa shape index (κ2) is 6.98. The van der Waals surface area contributed by atoms with Gasteiger partial charge in [-0.25, -0.2) is 4.98 Å². The maximum atomic E-state index is 12.7. The molecule has 9 heteroatoms. The molecule has 4 saturated carbocycles. The number of hydrogen-bond donors (Lipinski definition) is 2. The number of nitrogens with one attached hydrogen (secondary N) is 2. The molecule has 0 spiro atoms. The fraction of sp³-hybridized carbons (Fsp3) is 0.550. The molecule has 0 aliphatic heterocycles. The number of benzene rings is 1. The summed E-state index contributed by atoms with van der Waals surface area (Å²) >= 11 is 6.58. The van der Waals surface area contributed by atoms with Gasteiger partial charge in [0.15, 0.2) is 10.2 Å². The lowest BCUT2D eigenvalue weighted by molar-refractivity contribution is -0.384. The third kappa shape index (κ3) is 3.73. The molecule has 4 aliphatic rings. The summed E-state index contributed by atoms with van der Waals surface area (Å²) in [4.78, 5) is 27.6. The number of non-ortho nitro benzene ring substituents is 1. The van der Waals surface area contributed by atoms with Crippen LogP contribution < -0.4 is 10.6 Å². The van der Waals surface area contributed by atoms with E-state index < -0.39 is 4.92 Å². The molecular formula is C20H22N4O3S2. The smallest absolute Gasteiger partial charge is 0.270 e. The Bertz CT molecular complexity index is 983. The number of nitrogens with zero attached hydrogens (tertiary/aromatic N) is 2. The summed E-state index contributed by atoms with van der Waals surface area (Å²) < 4.78 is 0.699. The highest BCUT2D eigenvalue weighted by molar-refractivity contribution is 7.80. The Morgan fingerprint density at radius 3 is 2.52 bits per heavy atom. The van der Waals surface area contributed by atoms with Crippen molar-refractivity contribution >= 4 is 55.6 Å². The number of amides is 1. The molecular weight excluding hydrogens is 408 g/mol. The monoisotopic (exact) mass is 430 g/mol. The molecule has 0 saturated heterocycles. The molecule has 1 aromatic heterocycles. The van der Waals surface area contributed by atoms with Gasteiger partial charge in [-0.05, 0) is 80.0 Å². The number of carbonyl (C=O) groups excluding carboxylic acids is 1. The van der Waals surface area contributed by atoms with Crippen LogP contribution in [0.25, 0.3) is 10.2 Å². The van der Waals surface area contributed by atoms with Gasteiger partial charge in [-0.3, -0.25) is 14.9 Å². The van der Waals surface area contributed by atoms with E-state index in [-0.39, 0.29) is 22.1 Å². The zero-order chi connectivity index (χ0) is 20.2. The van der Waals surface area contributed by atoms with Gasteiger partial charge in [0.05, 0.1) is 15.1 Å². The summed E-state index contributed by atoms with van der Waals surface area (Å²) in [5.74, 6) is 2.41. The lowest BCUT2D eigenvalue weighted by atomic mass is 9.49. The van der Waals surface area contributed by atoms with Crippen LogP contribution in [-0.2, 0) is 4.79 Å². The molecule has 4 bridgehead atoms. The van der Waals surface area contributed by atoms with Crippen LogP contribution in [0.4, 0.5) is 10.8 Å². The number of rotatable bonds is 4. The largest absolute Gasteiger partial charge is 0.308 e. The van der Waals surface area contributed by atoms with Crippen LogP contribution in [0.5, 0.6) is 0 Å². The van der Waals surface area contributed by atoms with Crippen LogP contribution in [0.3, 0.4) is 0 Å². The highest BCUT2D eigenvalue weighted by Gasteiger charge is 2.51. The molecule has 1 heterocycles. The minimum absolute atomic E-state index is 0.0267. The summed E-state index contributed by atoms with van der Waals surface area (Å²) in [6.45, 7) is 0. The maximum absolute atomic E-state index is 12.7. The van der Waals surface area contributed by atoms with Crippen LogP contribution >= 0.6 is 23.6 Å². The van der Waals surface area contributed by atoms with Crippen LogP contribution in [0, 0.1) is 33.3 Å².